The molecule has 0 radical (unpaired) electrons. The van der Waals surface area contributed by atoms with Crippen molar-refractivity contribution < 1.29 is 14.3 Å². The molecule has 0 aromatic heterocycles. The van der Waals surface area contributed by atoms with Gasteiger partial charge in [-0.3, -0.25) is 9.69 Å². The number of amidine groups is 1. The molecule has 0 aliphatic carbocycles. The van der Waals surface area contributed by atoms with Crippen LogP contribution in [0.15, 0.2) is 52.4 Å². The fourth-order valence-corrected chi connectivity index (χ4v) is 3.63. The summed E-state index contributed by atoms with van der Waals surface area (Å²) in [5, 5.41) is 1.22. The van der Waals surface area contributed by atoms with E-state index in [0.29, 0.717) is 32.3 Å². The van der Waals surface area contributed by atoms with E-state index in [4.69, 9.17) is 21.1 Å². The standard InChI is InChI=1S/C18H13ClN2O3S/c1-21-17(22)16(8-11-5-6-14-15(7-11)24-10-23-14)25-18(21)20-13-4-2-3-12(19)9-13/h2-9H,10H2,1H3/b16-8+,20-18?. The minimum absolute atomic E-state index is 0.0940. The van der Waals surface area contributed by atoms with E-state index in [-0.39, 0.29) is 12.7 Å². The average Bonchev–Trinajstić information content (AvgIpc) is 3.15. The van der Waals surface area contributed by atoms with Crippen molar-refractivity contribution >= 4 is 46.2 Å². The summed E-state index contributed by atoms with van der Waals surface area (Å²) in [6, 6.07) is 12.8. The molecule has 0 spiro atoms. The molecule has 2 aliphatic heterocycles. The lowest BCUT2D eigenvalue weighted by Gasteiger charge is -2.07. The monoisotopic (exact) mass is 372 g/mol. The van der Waals surface area contributed by atoms with Gasteiger partial charge in [-0.2, -0.15) is 0 Å². The molecule has 25 heavy (non-hydrogen) atoms. The maximum absolute atomic E-state index is 12.5. The number of hydrogen-bond donors (Lipinski definition) is 0. The van der Waals surface area contributed by atoms with Gasteiger partial charge in [0.2, 0.25) is 6.79 Å². The van der Waals surface area contributed by atoms with Crippen LogP contribution in [0, 0.1) is 0 Å². The minimum atomic E-state index is -0.0940. The Morgan fingerprint density at radius 3 is 2.88 bits per heavy atom. The number of ether oxygens (including phenoxy) is 2. The lowest BCUT2D eigenvalue weighted by atomic mass is 10.2. The number of halogens is 1. The third-order valence-corrected chi connectivity index (χ3v) is 5.03. The Labute approximate surface area is 153 Å². The molecule has 2 aliphatic rings. The van der Waals surface area contributed by atoms with Gasteiger partial charge >= 0.3 is 0 Å². The smallest absolute Gasteiger partial charge is 0.266 e. The first-order valence-electron chi connectivity index (χ1n) is 7.52. The Kier molecular flexibility index (Phi) is 4.15. The van der Waals surface area contributed by atoms with Crippen LogP contribution in [-0.2, 0) is 4.79 Å². The van der Waals surface area contributed by atoms with E-state index >= 15 is 0 Å². The fourth-order valence-electron chi connectivity index (χ4n) is 2.46. The highest BCUT2D eigenvalue weighted by Crippen LogP contribution is 2.36. The maximum Gasteiger partial charge on any atom is 0.266 e. The molecule has 126 valence electrons. The summed E-state index contributed by atoms with van der Waals surface area (Å²) < 4.78 is 10.7. The van der Waals surface area contributed by atoms with Gasteiger partial charge in [0.1, 0.15) is 0 Å². The number of amides is 1. The molecule has 2 heterocycles. The predicted octanol–water partition coefficient (Wildman–Crippen LogP) is 4.30. The zero-order valence-corrected chi connectivity index (χ0v) is 14.8. The van der Waals surface area contributed by atoms with E-state index in [0.717, 1.165) is 5.56 Å². The fraction of sp³-hybridized carbons (Fsp3) is 0.111. The van der Waals surface area contributed by atoms with Crippen LogP contribution in [0.4, 0.5) is 5.69 Å². The first-order chi connectivity index (χ1) is 12.1. The summed E-state index contributed by atoms with van der Waals surface area (Å²) >= 11 is 7.32. The summed E-state index contributed by atoms with van der Waals surface area (Å²) in [5.74, 6) is 1.31. The van der Waals surface area contributed by atoms with Crippen molar-refractivity contribution in [3.63, 3.8) is 0 Å². The average molecular weight is 373 g/mol. The van der Waals surface area contributed by atoms with Crippen molar-refractivity contribution in [3.8, 4) is 11.5 Å². The van der Waals surface area contributed by atoms with Crippen LogP contribution in [0.3, 0.4) is 0 Å². The van der Waals surface area contributed by atoms with Crippen molar-refractivity contribution in [1.82, 2.24) is 4.90 Å². The zero-order chi connectivity index (χ0) is 17.4. The summed E-state index contributed by atoms with van der Waals surface area (Å²) in [6.07, 6.45) is 1.83. The van der Waals surface area contributed by atoms with Gasteiger partial charge in [0, 0.05) is 12.1 Å². The lowest BCUT2D eigenvalue weighted by Crippen LogP contribution is -2.23. The van der Waals surface area contributed by atoms with Crippen LogP contribution in [0.1, 0.15) is 5.56 Å². The lowest BCUT2D eigenvalue weighted by molar-refractivity contribution is -0.121. The van der Waals surface area contributed by atoms with Gasteiger partial charge in [0.05, 0.1) is 10.6 Å². The Balaban J connectivity index is 1.62. The highest BCUT2D eigenvalue weighted by Gasteiger charge is 2.30. The summed E-state index contributed by atoms with van der Waals surface area (Å²) in [7, 11) is 1.71. The second-order valence-corrected chi connectivity index (χ2v) is 6.91. The number of benzene rings is 2. The second kappa shape index (κ2) is 6.46. The van der Waals surface area contributed by atoms with Gasteiger partial charge in [-0.25, -0.2) is 4.99 Å². The number of carbonyl (C=O) groups is 1. The van der Waals surface area contributed by atoms with Crippen LogP contribution in [0.5, 0.6) is 11.5 Å². The molecule has 0 N–H and O–H groups in total. The van der Waals surface area contributed by atoms with Gasteiger partial charge < -0.3 is 9.47 Å². The molecule has 2 aromatic carbocycles. The number of aliphatic imine (C=N–C) groups is 1. The van der Waals surface area contributed by atoms with E-state index < -0.39 is 0 Å². The van der Waals surface area contributed by atoms with Crippen molar-refractivity contribution in [2.75, 3.05) is 13.8 Å². The third kappa shape index (κ3) is 3.23. The van der Waals surface area contributed by atoms with Crippen LogP contribution in [0.25, 0.3) is 6.08 Å². The first kappa shape index (κ1) is 16.1. The van der Waals surface area contributed by atoms with Gasteiger partial charge in [0.25, 0.3) is 5.91 Å². The Bertz CT molecular complexity index is 926. The molecule has 0 atom stereocenters. The first-order valence-corrected chi connectivity index (χ1v) is 8.71. The second-order valence-electron chi connectivity index (χ2n) is 5.46. The Morgan fingerprint density at radius 1 is 1.20 bits per heavy atom. The molecule has 4 rings (SSSR count). The highest BCUT2D eigenvalue weighted by molar-refractivity contribution is 8.18. The van der Waals surface area contributed by atoms with Crippen LogP contribution in [-0.4, -0.2) is 29.8 Å². The number of carbonyl (C=O) groups excluding carboxylic acids is 1. The predicted molar refractivity (Wildman–Crippen MR) is 99.5 cm³/mol. The summed E-state index contributed by atoms with van der Waals surface area (Å²) in [6.45, 7) is 0.224. The van der Waals surface area contributed by atoms with Crippen LogP contribution < -0.4 is 9.47 Å². The number of fused-ring (bicyclic) bond motifs is 1. The summed E-state index contributed by atoms with van der Waals surface area (Å²) in [5.41, 5.74) is 1.58. The molecular weight excluding hydrogens is 360 g/mol. The molecule has 1 amide bonds. The molecule has 1 fully saturated rings. The van der Waals surface area contributed by atoms with Crippen LogP contribution in [0.2, 0.25) is 5.02 Å². The van der Waals surface area contributed by atoms with Crippen molar-refractivity contribution in [2.45, 2.75) is 0 Å². The molecule has 5 nitrogen and oxygen atoms in total. The zero-order valence-electron chi connectivity index (χ0n) is 13.2. The molecule has 0 saturated carbocycles. The molecule has 2 aromatic rings. The van der Waals surface area contributed by atoms with Crippen molar-refractivity contribution in [1.29, 1.82) is 0 Å². The van der Waals surface area contributed by atoms with E-state index in [1.165, 1.54) is 16.7 Å². The number of likely N-dealkylation sites (N-methyl/N-ethyl adjacent to an activating group) is 1. The SMILES string of the molecule is CN1C(=O)/C(=C\c2ccc3c(c2)OCO3)SC1=Nc1cccc(Cl)c1. The topological polar surface area (TPSA) is 51.1 Å². The molecule has 0 bridgehead atoms. The van der Waals surface area contributed by atoms with Crippen molar-refractivity contribution in [3.05, 3.63) is 58.0 Å². The number of thioether (sulfide) groups is 1. The maximum atomic E-state index is 12.5. The third-order valence-electron chi connectivity index (χ3n) is 3.73. The van der Waals surface area contributed by atoms with Gasteiger partial charge in [0.15, 0.2) is 16.7 Å². The normalized spacial score (nSPS) is 19.3. The van der Waals surface area contributed by atoms with Crippen LogP contribution >= 0.6 is 23.4 Å². The van der Waals surface area contributed by atoms with Gasteiger partial charge in [-0.15, -0.1) is 0 Å². The van der Waals surface area contributed by atoms with Gasteiger partial charge in [-0.05, 0) is 53.7 Å². The molecule has 1 saturated heterocycles. The van der Waals surface area contributed by atoms with Gasteiger partial charge in [-0.1, -0.05) is 23.7 Å². The number of rotatable bonds is 2. The minimum Gasteiger partial charge on any atom is -0.454 e. The largest absolute Gasteiger partial charge is 0.454 e. The molecule has 0 unspecified atom stereocenters. The molecule has 7 heteroatoms. The van der Waals surface area contributed by atoms with E-state index in [2.05, 4.69) is 4.99 Å². The van der Waals surface area contributed by atoms with E-state index in [1.807, 2.05) is 36.4 Å². The molecular formula is C18H13ClN2O3S. The van der Waals surface area contributed by atoms with Crippen molar-refractivity contribution in [2.24, 2.45) is 4.99 Å². The van der Waals surface area contributed by atoms with E-state index in [1.54, 1.807) is 19.2 Å². The summed E-state index contributed by atoms with van der Waals surface area (Å²) in [4.78, 5) is 19.1. The quantitative estimate of drug-likeness (QED) is 0.737. The number of hydrogen-bond acceptors (Lipinski definition) is 5. The Morgan fingerprint density at radius 2 is 2.04 bits per heavy atom. The Hall–Kier alpha value is -2.44. The highest BCUT2D eigenvalue weighted by atomic mass is 35.5. The number of nitrogens with zero attached hydrogens (tertiary/aromatic N) is 2. The van der Waals surface area contributed by atoms with E-state index in [9.17, 15) is 4.79 Å².